The summed E-state index contributed by atoms with van der Waals surface area (Å²) in [6, 6.07) is 8.70. The van der Waals surface area contributed by atoms with E-state index in [9.17, 15) is 23.9 Å². The summed E-state index contributed by atoms with van der Waals surface area (Å²) in [5.41, 5.74) is 0.713. The molecule has 2 aliphatic rings. The normalized spacial score (nSPS) is 20.6. The molecule has 0 spiro atoms. The molecular weight excluding hydrogens is 455 g/mol. The van der Waals surface area contributed by atoms with Crippen molar-refractivity contribution >= 4 is 46.5 Å². The number of ether oxygens (including phenoxy) is 1. The van der Waals surface area contributed by atoms with Crippen molar-refractivity contribution in [3.8, 4) is 0 Å². The number of amides is 4. The average molecular weight is 477 g/mol. The number of carbonyl (C=O) groups excluding carboxylic acids is 3. The summed E-state index contributed by atoms with van der Waals surface area (Å²) >= 11 is 5.85. The third kappa shape index (κ3) is 5.08. The number of rotatable bonds is 4. The third-order valence-electron chi connectivity index (χ3n) is 5.48. The predicted molar refractivity (Wildman–Crippen MR) is 120 cm³/mol. The van der Waals surface area contributed by atoms with E-state index in [1.807, 2.05) is 0 Å². The molecule has 2 aromatic rings. The maximum atomic E-state index is 14.7. The molecule has 0 radical (unpaired) electrons. The summed E-state index contributed by atoms with van der Waals surface area (Å²) in [6.07, 6.45) is -0.852. The molecule has 2 saturated heterocycles. The number of halogens is 2. The van der Waals surface area contributed by atoms with Crippen LogP contribution < -0.4 is 15.5 Å². The molecule has 2 aliphatic heterocycles. The summed E-state index contributed by atoms with van der Waals surface area (Å²) in [6.45, 7) is 0.584. The van der Waals surface area contributed by atoms with Gasteiger partial charge in [-0.3, -0.25) is 9.59 Å². The van der Waals surface area contributed by atoms with Crippen LogP contribution in [0.4, 0.5) is 26.2 Å². The number of aliphatic hydroxyl groups excluding tert-OH is 1. The molecule has 2 aromatic carbocycles. The van der Waals surface area contributed by atoms with Crippen LogP contribution in [0.2, 0.25) is 5.02 Å². The second-order valence-corrected chi connectivity index (χ2v) is 8.12. The van der Waals surface area contributed by atoms with Crippen LogP contribution in [0, 0.1) is 5.82 Å². The fourth-order valence-electron chi connectivity index (χ4n) is 3.84. The van der Waals surface area contributed by atoms with Gasteiger partial charge in [0.2, 0.25) is 5.91 Å². The first kappa shape index (κ1) is 23.0. The number of morpholine rings is 1. The quantitative estimate of drug-likeness (QED) is 0.627. The molecule has 9 nitrogen and oxygen atoms in total. The number of likely N-dealkylation sites (tertiary alicyclic amines) is 1. The van der Waals surface area contributed by atoms with Crippen LogP contribution in [0.5, 0.6) is 0 Å². The molecule has 11 heteroatoms. The molecule has 0 unspecified atom stereocenters. The number of hydrogen-bond acceptors (Lipinski definition) is 5. The molecule has 2 atom stereocenters. The molecule has 0 bridgehead atoms. The van der Waals surface area contributed by atoms with Crippen LogP contribution in [-0.2, 0) is 14.3 Å². The van der Waals surface area contributed by atoms with Gasteiger partial charge in [0, 0.05) is 29.5 Å². The Morgan fingerprint density at radius 1 is 1.09 bits per heavy atom. The standard InChI is InChI=1S/C22H22ClFN4O5/c23-13-1-3-14(4-2-13)26-22(32)28-8-7-18(29)20(28)21(31)25-15-5-6-17(16(24)11-15)27-9-10-33-12-19(27)30/h1-6,11,18,20,29H,7-10,12H2,(H,25,31)(H,26,32)/t18-,20-/m1/s1. The van der Waals surface area contributed by atoms with Gasteiger partial charge in [0.25, 0.3) is 5.91 Å². The maximum Gasteiger partial charge on any atom is 0.322 e. The Bertz CT molecular complexity index is 1070. The van der Waals surface area contributed by atoms with Crippen molar-refractivity contribution < 1.29 is 28.6 Å². The van der Waals surface area contributed by atoms with Gasteiger partial charge in [0.1, 0.15) is 18.5 Å². The lowest BCUT2D eigenvalue weighted by Gasteiger charge is -2.28. The van der Waals surface area contributed by atoms with Crippen molar-refractivity contribution in [2.24, 2.45) is 0 Å². The first-order valence-electron chi connectivity index (χ1n) is 10.3. The minimum atomic E-state index is -1.15. The van der Waals surface area contributed by atoms with Crippen molar-refractivity contribution in [2.45, 2.75) is 18.6 Å². The van der Waals surface area contributed by atoms with E-state index in [0.29, 0.717) is 17.3 Å². The number of urea groups is 1. The molecular formula is C22H22ClFN4O5. The van der Waals surface area contributed by atoms with Gasteiger partial charge < -0.3 is 30.3 Å². The highest BCUT2D eigenvalue weighted by atomic mass is 35.5. The molecule has 174 valence electrons. The highest BCUT2D eigenvalue weighted by Gasteiger charge is 2.41. The summed E-state index contributed by atoms with van der Waals surface area (Å²) in [4.78, 5) is 40.0. The van der Waals surface area contributed by atoms with E-state index in [-0.39, 0.29) is 43.4 Å². The fourth-order valence-corrected chi connectivity index (χ4v) is 3.97. The highest BCUT2D eigenvalue weighted by Crippen LogP contribution is 2.26. The lowest BCUT2D eigenvalue weighted by Crippen LogP contribution is -2.49. The van der Waals surface area contributed by atoms with Crippen LogP contribution in [0.1, 0.15) is 6.42 Å². The Balaban J connectivity index is 1.44. The summed E-state index contributed by atoms with van der Waals surface area (Å²) < 4.78 is 19.7. The third-order valence-corrected chi connectivity index (χ3v) is 5.73. The molecule has 0 saturated carbocycles. The van der Waals surface area contributed by atoms with E-state index in [0.717, 1.165) is 6.07 Å². The molecule has 0 aliphatic carbocycles. The van der Waals surface area contributed by atoms with Gasteiger partial charge >= 0.3 is 6.03 Å². The van der Waals surface area contributed by atoms with E-state index in [2.05, 4.69) is 10.6 Å². The minimum Gasteiger partial charge on any atom is -0.390 e. The van der Waals surface area contributed by atoms with E-state index in [1.54, 1.807) is 24.3 Å². The summed E-state index contributed by atoms with van der Waals surface area (Å²) in [7, 11) is 0. The van der Waals surface area contributed by atoms with Crippen LogP contribution in [0.25, 0.3) is 0 Å². The van der Waals surface area contributed by atoms with Crippen LogP contribution in [0.3, 0.4) is 0 Å². The van der Waals surface area contributed by atoms with Crippen molar-refractivity contribution in [3.05, 3.63) is 53.3 Å². The molecule has 3 N–H and O–H groups in total. The van der Waals surface area contributed by atoms with Gasteiger partial charge in [0.15, 0.2) is 0 Å². The number of carbonyl (C=O) groups is 3. The largest absolute Gasteiger partial charge is 0.390 e. The topological polar surface area (TPSA) is 111 Å². The first-order chi connectivity index (χ1) is 15.8. The van der Waals surface area contributed by atoms with Gasteiger partial charge in [-0.1, -0.05) is 11.6 Å². The van der Waals surface area contributed by atoms with Gasteiger partial charge in [-0.15, -0.1) is 0 Å². The number of nitrogens with zero attached hydrogens (tertiary/aromatic N) is 2. The number of aliphatic hydroxyl groups is 1. The van der Waals surface area contributed by atoms with E-state index in [1.165, 1.54) is 21.9 Å². The molecule has 2 heterocycles. The number of benzene rings is 2. The van der Waals surface area contributed by atoms with Crippen LogP contribution in [-0.4, -0.2) is 66.3 Å². The highest BCUT2D eigenvalue weighted by molar-refractivity contribution is 6.30. The van der Waals surface area contributed by atoms with Crippen molar-refractivity contribution in [1.29, 1.82) is 0 Å². The molecule has 0 aromatic heterocycles. The fraction of sp³-hybridized carbons (Fsp3) is 0.318. The van der Waals surface area contributed by atoms with Crippen molar-refractivity contribution in [1.82, 2.24) is 4.90 Å². The monoisotopic (exact) mass is 476 g/mol. The molecule has 2 fully saturated rings. The zero-order valence-corrected chi connectivity index (χ0v) is 18.2. The lowest BCUT2D eigenvalue weighted by molar-refractivity contribution is -0.125. The molecule has 4 amide bonds. The van der Waals surface area contributed by atoms with Gasteiger partial charge in [-0.2, -0.15) is 0 Å². The number of anilines is 3. The van der Waals surface area contributed by atoms with Crippen LogP contribution >= 0.6 is 11.6 Å². The van der Waals surface area contributed by atoms with Crippen molar-refractivity contribution in [3.63, 3.8) is 0 Å². The Morgan fingerprint density at radius 3 is 2.52 bits per heavy atom. The lowest BCUT2D eigenvalue weighted by atomic mass is 10.1. The molecule has 4 rings (SSSR count). The van der Waals surface area contributed by atoms with E-state index >= 15 is 0 Å². The van der Waals surface area contributed by atoms with E-state index < -0.39 is 29.9 Å². The Hall–Kier alpha value is -3.21. The van der Waals surface area contributed by atoms with Crippen LogP contribution in [0.15, 0.2) is 42.5 Å². The second kappa shape index (κ2) is 9.74. The van der Waals surface area contributed by atoms with Gasteiger partial charge in [-0.05, 0) is 48.9 Å². The number of nitrogens with one attached hydrogen (secondary N) is 2. The van der Waals surface area contributed by atoms with Gasteiger partial charge in [-0.25, -0.2) is 9.18 Å². The average Bonchev–Trinajstić information content (AvgIpc) is 3.18. The smallest absolute Gasteiger partial charge is 0.322 e. The Morgan fingerprint density at radius 2 is 1.82 bits per heavy atom. The zero-order chi connectivity index (χ0) is 23.5. The van der Waals surface area contributed by atoms with Crippen molar-refractivity contribution in [2.75, 3.05) is 41.8 Å². The predicted octanol–water partition coefficient (Wildman–Crippen LogP) is 2.45. The first-order valence-corrected chi connectivity index (χ1v) is 10.7. The Labute approximate surface area is 194 Å². The summed E-state index contributed by atoms with van der Waals surface area (Å²) in [5.74, 6) is -1.69. The SMILES string of the molecule is O=C(Nc1ccc(N2CCOCC2=O)c(F)c1)[C@H]1[C@H](O)CCN1C(=O)Nc1ccc(Cl)cc1. The maximum absolute atomic E-state index is 14.7. The molecule has 33 heavy (non-hydrogen) atoms. The second-order valence-electron chi connectivity index (χ2n) is 7.68. The van der Waals surface area contributed by atoms with E-state index in [4.69, 9.17) is 16.3 Å². The number of hydrogen-bond donors (Lipinski definition) is 3. The minimum absolute atomic E-state index is 0.0890. The zero-order valence-electron chi connectivity index (χ0n) is 17.5. The summed E-state index contributed by atoms with van der Waals surface area (Å²) in [5, 5.41) is 16.1. The van der Waals surface area contributed by atoms with Gasteiger partial charge in [0.05, 0.1) is 18.4 Å². The Kier molecular flexibility index (Phi) is 6.77.